The number of halogens is 2. The van der Waals surface area contributed by atoms with E-state index in [2.05, 4.69) is 15.6 Å². The van der Waals surface area contributed by atoms with Crippen molar-refractivity contribution in [2.75, 3.05) is 19.5 Å². The molecule has 0 fully saturated rings. The van der Waals surface area contributed by atoms with E-state index < -0.39 is 11.9 Å². The van der Waals surface area contributed by atoms with Crippen molar-refractivity contribution in [3.63, 3.8) is 0 Å². The van der Waals surface area contributed by atoms with Crippen molar-refractivity contribution >= 4 is 40.8 Å². The standard InChI is InChI=1S/C20H18Cl2N4O4/c1-11-18(24-25-26(11)10-12-6-14(21)9-15(22)7-12)19(27)23-16-8-13(20(28)30-3)4-5-17(16)29-2/h4-9H,10H2,1-3H3,(H,23,27). The van der Waals surface area contributed by atoms with Crippen molar-refractivity contribution in [3.8, 4) is 5.75 Å². The first-order valence-corrected chi connectivity index (χ1v) is 9.50. The van der Waals surface area contributed by atoms with Gasteiger partial charge >= 0.3 is 5.97 Å². The van der Waals surface area contributed by atoms with E-state index in [4.69, 9.17) is 32.7 Å². The fraction of sp³-hybridized carbons (Fsp3) is 0.200. The van der Waals surface area contributed by atoms with Gasteiger partial charge in [0.15, 0.2) is 5.69 Å². The van der Waals surface area contributed by atoms with E-state index in [1.165, 1.54) is 26.4 Å². The van der Waals surface area contributed by atoms with Gasteiger partial charge in [-0.2, -0.15) is 0 Å². The third-order valence-corrected chi connectivity index (χ3v) is 4.76. The molecular weight excluding hydrogens is 431 g/mol. The molecule has 0 aliphatic carbocycles. The van der Waals surface area contributed by atoms with Gasteiger partial charge in [0.1, 0.15) is 5.75 Å². The van der Waals surface area contributed by atoms with E-state index in [1.54, 1.807) is 35.9 Å². The lowest BCUT2D eigenvalue weighted by molar-refractivity contribution is 0.0600. The summed E-state index contributed by atoms with van der Waals surface area (Å²) in [5.41, 5.74) is 2.08. The number of ether oxygens (including phenoxy) is 2. The zero-order chi connectivity index (χ0) is 21.8. The van der Waals surface area contributed by atoms with Crippen molar-refractivity contribution in [1.29, 1.82) is 0 Å². The van der Waals surface area contributed by atoms with Crippen LogP contribution in [0.15, 0.2) is 36.4 Å². The normalized spacial score (nSPS) is 10.6. The summed E-state index contributed by atoms with van der Waals surface area (Å²) in [6, 6.07) is 9.73. The summed E-state index contributed by atoms with van der Waals surface area (Å²) in [6.45, 7) is 2.07. The average Bonchev–Trinajstić information content (AvgIpc) is 3.06. The van der Waals surface area contributed by atoms with Gasteiger partial charge in [-0.25, -0.2) is 9.48 Å². The van der Waals surface area contributed by atoms with Crippen LogP contribution in [0, 0.1) is 6.92 Å². The van der Waals surface area contributed by atoms with Gasteiger partial charge in [0.05, 0.1) is 37.7 Å². The fourth-order valence-corrected chi connectivity index (χ4v) is 3.40. The molecule has 8 nitrogen and oxygen atoms in total. The van der Waals surface area contributed by atoms with Crippen molar-refractivity contribution in [2.24, 2.45) is 0 Å². The highest BCUT2D eigenvalue weighted by molar-refractivity contribution is 6.34. The van der Waals surface area contributed by atoms with Crippen molar-refractivity contribution in [1.82, 2.24) is 15.0 Å². The van der Waals surface area contributed by atoms with Crippen LogP contribution in [0.1, 0.15) is 32.1 Å². The number of nitrogens with zero attached hydrogens (tertiary/aromatic N) is 3. The van der Waals surface area contributed by atoms with E-state index in [-0.39, 0.29) is 11.3 Å². The molecule has 1 aromatic heterocycles. The molecule has 3 rings (SSSR count). The number of esters is 1. The second-order valence-electron chi connectivity index (χ2n) is 6.32. The minimum Gasteiger partial charge on any atom is -0.495 e. The summed E-state index contributed by atoms with van der Waals surface area (Å²) < 4.78 is 11.5. The number of rotatable bonds is 6. The van der Waals surface area contributed by atoms with Crippen LogP contribution in [0.3, 0.4) is 0 Å². The number of carbonyl (C=O) groups excluding carboxylic acids is 2. The lowest BCUT2D eigenvalue weighted by Gasteiger charge is -2.11. The summed E-state index contributed by atoms with van der Waals surface area (Å²) in [7, 11) is 2.74. The highest BCUT2D eigenvalue weighted by Crippen LogP contribution is 2.27. The molecule has 1 heterocycles. The Labute approximate surface area is 182 Å². The van der Waals surface area contributed by atoms with Gasteiger partial charge in [-0.15, -0.1) is 5.10 Å². The Hall–Kier alpha value is -3.10. The first kappa shape index (κ1) is 21.6. The summed E-state index contributed by atoms with van der Waals surface area (Å²) >= 11 is 12.1. The van der Waals surface area contributed by atoms with Crippen LogP contribution in [0.5, 0.6) is 5.75 Å². The van der Waals surface area contributed by atoms with Gasteiger partial charge in [0.2, 0.25) is 0 Å². The first-order chi connectivity index (χ1) is 14.3. The molecule has 2 aromatic carbocycles. The molecule has 156 valence electrons. The zero-order valence-electron chi connectivity index (χ0n) is 16.4. The quantitative estimate of drug-likeness (QED) is 0.572. The SMILES string of the molecule is COC(=O)c1ccc(OC)c(NC(=O)c2nnn(Cc3cc(Cl)cc(Cl)c3)c2C)c1. The maximum Gasteiger partial charge on any atom is 0.337 e. The number of nitrogens with one attached hydrogen (secondary N) is 1. The molecule has 0 radical (unpaired) electrons. The van der Waals surface area contributed by atoms with Crippen LogP contribution in [0.25, 0.3) is 0 Å². The van der Waals surface area contributed by atoms with Gasteiger partial charge < -0.3 is 14.8 Å². The molecule has 0 atom stereocenters. The molecular formula is C20H18Cl2N4O4. The number of amides is 1. The minimum atomic E-state index is -0.532. The molecule has 0 saturated carbocycles. The van der Waals surface area contributed by atoms with Crippen LogP contribution in [0.4, 0.5) is 5.69 Å². The third kappa shape index (κ3) is 4.72. The Kier molecular flexibility index (Phi) is 6.59. The summed E-state index contributed by atoms with van der Waals surface area (Å²) in [5.74, 6) is -0.645. The van der Waals surface area contributed by atoms with E-state index in [1.807, 2.05) is 0 Å². The number of benzene rings is 2. The summed E-state index contributed by atoms with van der Waals surface area (Å²) in [6.07, 6.45) is 0. The lowest BCUT2D eigenvalue weighted by Crippen LogP contribution is -2.16. The van der Waals surface area contributed by atoms with Gasteiger partial charge in [-0.1, -0.05) is 28.4 Å². The Morgan fingerprint density at radius 1 is 1.10 bits per heavy atom. The lowest BCUT2D eigenvalue weighted by atomic mass is 10.1. The van der Waals surface area contributed by atoms with Gasteiger partial charge in [-0.3, -0.25) is 4.79 Å². The molecule has 30 heavy (non-hydrogen) atoms. The van der Waals surface area contributed by atoms with Crippen molar-refractivity contribution in [3.05, 3.63) is 69.0 Å². The molecule has 0 unspecified atom stereocenters. The van der Waals surface area contributed by atoms with Gasteiger partial charge in [0, 0.05) is 10.0 Å². The Balaban J connectivity index is 1.84. The average molecular weight is 449 g/mol. The second kappa shape index (κ2) is 9.15. The van der Waals surface area contributed by atoms with E-state index in [0.717, 1.165) is 5.56 Å². The molecule has 1 N–H and O–H groups in total. The fourth-order valence-electron chi connectivity index (χ4n) is 2.83. The monoisotopic (exact) mass is 448 g/mol. The van der Waals surface area contributed by atoms with Crippen LogP contribution in [-0.4, -0.2) is 41.1 Å². The highest BCUT2D eigenvalue weighted by atomic mass is 35.5. The highest BCUT2D eigenvalue weighted by Gasteiger charge is 2.19. The Morgan fingerprint density at radius 2 is 1.80 bits per heavy atom. The van der Waals surface area contributed by atoms with Crippen molar-refractivity contribution < 1.29 is 19.1 Å². The Morgan fingerprint density at radius 3 is 2.43 bits per heavy atom. The van der Waals surface area contributed by atoms with Crippen LogP contribution >= 0.6 is 23.2 Å². The smallest absolute Gasteiger partial charge is 0.337 e. The first-order valence-electron chi connectivity index (χ1n) is 8.75. The minimum absolute atomic E-state index is 0.133. The van der Waals surface area contributed by atoms with E-state index >= 15 is 0 Å². The summed E-state index contributed by atoms with van der Waals surface area (Å²) in [4.78, 5) is 24.6. The molecule has 0 aliphatic heterocycles. The largest absolute Gasteiger partial charge is 0.495 e. The van der Waals surface area contributed by atoms with Gasteiger partial charge in [-0.05, 0) is 48.9 Å². The third-order valence-electron chi connectivity index (χ3n) is 4.32. The number of anilines is 1. The molecule has 1 amide bonds. The van der Waals surface area contributed by atoms with Crippen LogP contribution in [-0.2, 0) is 11.3 Å². The maximum atomic E-state index is 12.8. The molecule has 0 aliphatic rings. The maximum absolute atomic E-state index is 12.8. The Bertz CT molecular complexity index is 1090. The number of methoxy groups -OCH3 is 2. The molecule has 0 bridgehead atoms. The molecule has 0 saturated heterocycles. The van der Waals surface area contributed by atoms with Crippen LogP contribution in [0.2, 0.25) is 10.0 Å². The second-order valence-corrected chi connectivity index (χ2v) is 7.19. The van der Waals surface area contributed by atoms with Gasteiger partial charge in [0.25, 0.3) is 5.91 Å². The zero-order valence-corrected chi connectivity index (χ0v) is 17.9. The molecule has 10 heteroatoms. The van der Waals surface area contributed by atoms with Crippen LogP contribution < -0.4 is 10.1 Å². The number of aromatic nitrogens is 3. The predicted octanol–water partition coefficient (Wildman–Crippen LogP) is 3.99. The van der Waals surface area contributed by atoms with E-state index in [9.17, 15) is 9.59 Å². The predicted molar refractivity (Wildman–Crippen MR) is 113 cm³/mol. The molecule has 0 spiro atoms. The topological polar surface area (TPSA) is 95.3 Å². The van der Waals surface area contributed by atoms with Crippen molar-refractivity contribution in [2.45, 2.75) is 13.5 Å². The number of hydrogen-bond acceptors (Lipinski definition) is 6. The number of hydrogen-bond donors (Lipinski definition) is 1. The summed E-state index contributed by atoms with van der Waals surface area (Å²) in [5, 5.41) is 11.7. The molecule has 3 aromatic rings. The van der Waals surface area contributed by atoms with E-state index in [0.29, 0.717) is 33.7 Å². The number of carbonyl (C=O) groups is 2.